The zero-order valence-electron chi connectivity index (χ0n) is 14.5. The molecular weight excluding hydrogens is 348 g/mol. The molecule has 3 N–H and O–H groups in total. The lowest BCUT2D eigenvalue weighted by atomic mass is 9.91. The minimum Gasteiger partial charge on any atom is -0.476 e. The number of nitrogens with zero attached hydrogens (tertiary/aromatic N) is 2. The summed E-state index contributed by atoms with van der Waals surface area (Å²) in [4.78, 5) is 23.2. The Balaban J connectivity index is 1.99. The first-order valence-corrected chi connectivity index (χ1v) is 8.54. The van der Waals surface area contributed by atoms with Crippen LogP contribution in [0.1, 0.15) is 56.9 Å². The van der Waals surface area contributed by atoms with Crippen molar-refractivity contribution in [2.45, 2.75) is 64.1 Å². The van der Waals surface area contributed by atoms with Crippen LogP contribution in [-0.4, -0.2) is 45.1 Å². The molecule has 1 aliphatic carbocycles. The van der Waals surface area contributed by atoms with Gasteiger partial charge in [-0.2, -0.15) is 0 Å². The predicted molar refractivity (Wildman–Crippen MR) is 93.0 cm³/mol. The molecule has 9 heteroatoms. The van der Waals surface area contributed by atoms with Crippen LogP contribution in [0, 0.1) is 0 Å². The third-order valence-electron chi connectivity index (χ3n) is 3.72. The highest BCUT2D eigenvalue weighted by Gasteiger charge is 2.26. The molecule has 1 aromatic heterocycles. The lowest BCUT2D eigenvalue weighted by Gasteiger charge is -2.31. The minimum atomic E-state index is -1.18. The number of aromatic nitrogens is 2. The number of carboxylic acids is 1. The lowest BCUT2D eigenvalue weighted by molar-refractivity contribution is 0.0491. The van der Waals surface area contributed by atoms with Gasteiger partial charge in [0.2, 0.25) is 0 Å². The van der Waals surface area contributed by atoms with Gasteiger partial charge in [0.1, 0.15) is 5.60 Å². The van der Waals surface area contributed by atoms with Crippen LogP contribution >= 0.6 is 11.6 Å². The van der Waals surface area contributed by atoms with E-state index in [0.717, 1.165) is 19.3 Å². The molecule has 1 fully saturated rings. The number of rotatable bonds is 4. The van der Waals surface area contributed by atoms with E-state index in [-0.39, 0.29) is 22.9 Å². The van der Waals surface area contributed by atoms with Gasteiger partial charge in [-0.25, -0.2) is 9.59 Å². The van der Waals surface area contributed by atoms with Gasteiger partial charge in [-0.1, -0.05) is 11.6 Å². The molecule has 0 aliphatic heterocycles. The Morgan fingerprint density at radius 2 is 1.96 bits per heavy atom. The summed E-state index contributed by atoms with van der Waals surface area (Å²) < 4.78 is 5.28. The van der Waals surface area contributed by atoms with E-state index in [9.17, 15) is 14.7 Å². The number of hydrogen-bond donors (Lipinski definition) is 3. The van der Waals surface area contributed by atoms with Crippen molar-refractivity contribution in [1.29, 1.82) is 0 Å². The van der Waals surface area contributed by atoms with Crippen LogP contribution in [0.3, 0.4) is 0 Å². The number of hydrogen-bond acceptors (Lipinski definition) is 6. The SMILES string of the molecule is CC(C)(C)OC(=O)NC1CCCC(Nc2cc(Cl)nnc2C(=O)O)C1. The van der Waals surface area contributed by atoms with Gasteiger partial charge in [0.25, 0.3) is 0 Å². The molecule has 2 rings (SSSR count). The largest absolute Gasteiger partial charge is 0.476 e. The van der Waals surface area contributed by atoms with Crippen LogP contribution in [0.5, 0.6) is 0 Å². The molecule has 138 valence electrons. The Morgan fingerprint density at radius 3 is 2.60 bits per heavy atom. The van der Waals surface area contributed by atoms with Crippen molar-refractivity contribution in [2.75, 3.05) is 5.32 Å². The number of carbonyl (C=O) groups excluding carboxylic acids is 1. The topological polar surface area (TPSA) is 113 Å². The van der Waals surface area contributed by atoms with Crippen molar-refractivity contribution in [3.05, 3.63) is 16.9 Å². The normalized spacial score (nSPS) is 20.6. The standard InChI is InChI=1S/C16H23ClN4O4/c1-16(2,3)25-15(24)19-10-6-4-5-9(7-10)18-11-8-12(17)20-21-13(11)14(22)23/h8-10H,4-7H2,1-3H3,(H,18,20)(H,19,24)(H,22,23). The van der Waals surface area contributed by atoms with E-state index in [1.807, 2.05) is 20.8 Å². The fourth-order valence-corrected chi connectivity index (χ4v) is 2.93. The summed E-state index contributed by atoms with van der Waals surface area (Å²) in [5, 5.41) is 22.5. The fourth-order valence-electron chi connectivity index (χ4n) is 2.78. The highest BCUT2D eigenvalue weighted by molar-refractivity contribution is 6.29. The zero-order valence-corrected chi connectivity index (χ0v) is 15.3. The van der Waals surface area contributed by atoms with Crippen LogP contribution in [0.25, 0.3) is 0 Å². The summed E-state index contributed by atoms with van der Waals surface area (Å²) in [5.74, 6) is -1.18. The van der Waals surface area contributed by atoms with Crippen LogP contribution in [-0.2, 0) is 4.74 Å². The second kappa shape index (κ2) is 7.86. The molecule has 1 heterocycles. The molecule has 1 amide bonds. The molecule has 1 aliphatic rings. The van der Waals surface area contributed by atoms with Gasteiger partial charge in [0.05, 0.1) is 5.69 Å². The second-order valence-electron chi connectivity index (χ2n) is 7.09. The van der Waals surface area contributed by atoms with E-state index in [1.54, 1.807) is 0 Å². The highest BCUT2D eigenvalue weighted by atomic mass is 35.5. The van der Waals surface area contributed by atoms with Crippen LogP contribution < -0.4 is 10.6 Å². The second-order valence-corrected chi connectivity index (χ2v) is 7.47. The summed E-state index contributed by atoms with van der Waals surface area (Å²) in [5.41, 5.74) is -0.395. The average molecular weight is 371 g/mol. The molecule has 8 nitrogen and oxygen atoms in total. The number of carbonyl (C=O) groups is 2. The van der Waals surface area contributed by atoms with Crippen molar-refractivity contribution in [3.8, 4) is 0 Å². The summed E-state index contributed by atoms with van der Waals surface area (Å²) in [6.07, 6.45) is 2.80. The Hall–Kier alpha value is -2.09. The first kappa shape index (κ1) is 19.2. The highest BCUT2D eigenvalue weighted by Crippen LogP contribution is 2.25. The maximum Gasteiger partial charge on any atom is 0.407 e. The van der Waals surface area contributed by atoms with Gasteiger partial charge in [-0.05, 0) is 46.5 Å². The van der Waals surface area contributed by atoms with Gasteiger partial charge in [0, 0.05) is 18.2 Å². The smallest absolute Gasteiger partial charge is 0.407 e. The minimum absolute atomic E-state index is 0.00736. The fraction of sp³-hybridized carbons (Fsp3) is 0.625. The number of halogens is 1. The Kier molecular flexibility index (Phi) is 6.05. The Labute approximate surface area is 151 Å². The lowest BCUT2D eigenvalue weighted by Crippen LogP contribution is -2.44. The molecule has 0 radical (unpaired) electrons. The zero-order chi connectivity index (χ0) is 18.6. The van der Waals surface area contributed by atoms with E-state index in [4.69, 9.17) is 16.3 Å². The van der Waals surface area contributed by atoms with E-state index in [2.05, 4.69) is 20.8 Å². The van der Waals surface area contributed by atoms with Gasteiger partial charge in [-0.3, -0.25) is 0 Å². The maximum absolute atomic E-state index is 11.9. The summed E-state index contributed by atoms with van der Waals surface area (Å²) in [7, 11) is 0. The first-order chi connectivity index (χ1) is 11.6. The molecule has 0 saturated heterocycles. The third kappa shape index (κ3) is 6.04. The summed E-state index contributed by atoms with van der Waals surface area (Å²) >= 11 is 5.82. The quantitative estimate of drug-likeness (QED) is 0.746. The van der Waals surface area contributed by atoms with Gasteiger partial charge < -0.3 is 20.5 Å². The van der Waals surface area contributed by atoms with Crippen LogP contribution in [0.15, 0.2) is 6.07 Å². The molecule has 1 saturated carbocycles. The van der Waals surface area contributed by atoms with Gasteiger partial charge >= 0.3 is 12.1 Å². The van der Waals surface area contributed by atoms with Gasteiger partial charge in [-0.15, -0.1) is 10.2 Å². The molecule has 0 aromatic carbocycles. The van der Waals surface area contributed by atoms with Crippen LogP contribution in [0.4, 0.5) is 10.5 Å². The predicted octanol–water partition coefficient (Wildman–Crippen LogP) is 3.08. The van der Waals surface area contributed by atoms with E-state index >= 15 is 0 Å². The monoisotopic (exact) mass is 370 g/mol. The van der Waals surface area contributed by atoms with Crippen molar-refractivity contribution >= 4 is 29.4 Å². The number of anilines is 1. The summed E-state index contributed by atoms with van der Waals surface area (Å²) in [6.45, 7) is 5.43. The molecule has 25 heavy (non-hydrogen) atoms. The van der Waals surface area contributed by atoms with Crippen molar-refractivity contribution < 1.29 is 19.4 Å². The Morgan fingerprint density at radius 1 is 1.28 bits per heavy atom. The van der Waals surface area contributed by atoms with Crippen molar-refractivity contribution in [2.24, 2.45) is 0 Å². The number of nitrogens with one attached hydrogen (secondary N) is 2. The van der Waals surface area contributed by atoms with E-state index < -0.39 is 17.7 Å². The van der Waals surface area contributed by atoms with E-state index in [1.165, 1.54) is 6.07 Å². The third-order valence-corrected chi connectivity index (χ3v) is 3.91. The number of amides is 1. The molecule has 1 aromatic rings. The maximum atomic E-state index is 11.9. The molecule has 0 bridgehead atoms. The average Bonchev–Trinajstić information content (AvgIpc) is 2.45. The van der Waals surface area contributed by atoms with E-state index in [0.29, 0.717) is 12.1 Å². The van der Waals surface area contributed by atoms with Crippen molar-refractivity contribution in [3.63, 3.8) is 0 Å². The molecule has 0 spiro atoms. The first-order valence-electron chi connectivity index (χ1n) is 8.16. The molecular formula is C16H23ClN4O4. The molecule has 2 atom stereocenters. The number of alkyl carbamates (subject to hydrolysis) is 1. The number of ether oxygens (including phenoxy) is 1. The van der Waals surface area contributed by atoms with Gasteiger partial charge in [0.15, 0.2) is 10.8 Å². The number of carboxylic acid groups (broad SMARTS) is 1. The molecule has 2 unspecified atom stereocenters. The van der Waals surface area contributed by atoms with Crippen molar-refractivity contribution in [1.82, 2.24) is 15.5 Å². The van der Waals surface area contributed by atoms with Crippen LogP contribution in [0.2, 0.25) is 5.15 Å². The Bertz CT molecular complexity index is 648. The summed E-state index contributed by atoms with van der Waals surface area (Å²) in [6, 6.07) is 1.40. The number of aromatic carboxylic acids is 1.